The van der Waals surface area contributed by atoms with Crippen molar-refractivity contribution in [1.82, 2.24) is 14.8 Å². The number of hydrogen-bond acceptors (Lipinski definition) is 7. The molecule has 1 aliphatic heterocycles. The molecule has 1 atom stereocenters. The first-order chi connectivity index (χ1) is 14.5. The molecule has 4 rings (SSSR count). The van der Waals surface area contributed by atoms with Crippen molar-refractivity contribution < 1.29 is 14.5 Å². The number of nitro groups is 1. The Morgan fingerprint density at radius 3 is 2.73 bits per heavy atom. The number of nitrogens with one attached hydrogen (secondary N) is 2. The van der Waals surface area contributed by atoms with Crippen LogP contribution in [0.25, 0.3) is 0 Å². The quantitative estimate of drug-likeness (QED) is 0.493. The van der Waals surface area contributed by atoms with Gasteiger partial charge in [-0.15, -0.1) is 0 Å². The van der Waals surface area contributed by atoms with Gasteiger partial charge in [0, 0.05) is 23.5 Å². The number of methoxy groups -OCH3 is 1. The second-order valence-corrected chi connectivity index (χ2v) is 6.63. The third-order valence-electron chi connectivity index (χ3n) is 4.79. The van der Waals surface area contributed by atoms with E-state index in [2.05, 4.69) is 20.7 Å². The average Bonchev–Trinajstić information content (AvgIpc) is 3.21. The van der Waals surface area contributed by atoms with Crippen molar-refractivity contribution in [1.29, 1.82) is 0 Å². The van der Waals surface area contributed by atoms with Gasteiger partial charge < -0.3 is 15.4 Å². The monoisotopic (exact) mass is 406 g/mol. The number of non-ortho nitro benzene ring substituents is 1. The highest BCUT2D eigenvalue weighted by Gasteiger charge is 2.33. The molecule has 152 valence electrons. The fraction of sp³-hybridized carbons (Fsp3) is 0.150. The highest BCUT2D eigenvalue weighted by molar-refractivity contribution is 6.06. The first-order valence-corrected chi connectivity index (χ1v) is 9.05. The lowest BCUT2D eigenvalue weighted by Gasteiger charge is -2.28. The SMILES string of the molecule is COc1ccc([C@H]2C(C(=O)Nc3cccc([N+](=O)[O-])c3)=C(C)Nc3ncnn32)cc1. The van der Waals surface area contributed by atoms with Crippen LogP contribution < -0.4 is 15.4 Å². The number of rotatable bonds is 5. The number of ether oxygens (including phenoxy) is 1. The van der Waals surface area contributed by atoms with Gasteiger partial charge in [0.25, 0.3) is 11.6 Å². The van der Waals surface area contributed by atoms with Gasteiger partial charge in [0.15, 0.2) is 0 Å². The highest BCUT2D eigenvalue weighted by atomic mass is 16.6. The van der Waals surface area contributed by atoms with E-state index in [-0.39, 0.29) is 5.69 Å². The minimum Gasteiger partial charge on any atom is -0.497 e. The largest absolute Gasteiger partial charge is 0.497 e. The number of carbonyl (C=O) groups is 1. The van der Waals surface area contributed by atoms with E-state index in [1.54, 1.807) is 36.9 Å². The molecule has 10 heteroatoms. The summed E-state index contributed by atoms with van der Waals surface area (Å²) in [5, 5.41) is 21.2. The Bertz CT molecular complexity index is 1150. The van der Waals surface area contributed by atoms with E-state index in [0.29, 0.717) is 28.7 Å². The molecule has 1 aliphatic rings. The molecule has 2 N–H and O–H groups in total. The molecule has 3 aromatic rings. The van der Waals surface area contributed by atoms with Crippen LogP contribution in [-0.2, 0) is 4.79 Å². The molecule has 0 aliphatic carbocycles. The van der Waals surface area contributed by atoms with Crippen molar-refractivity contribution in [3.8, 4) is 5.75 Å². The molecule has 1 aromatic heterocycles. The molecule has 0 saturated heterocycles. The molecule has 30 heavy (non-hydrogen) atoms. The number of benzene rings is 2. The molecule has 2 heterocycles. The van der Waals surface area contributed by atoms with Gasteiger partial charge in [0.2, 0.25) is 5.95 Å². The normalized spacial score (nSPS) is 15.2. The van der Waals surface area contributed by atoms with Gasteiger partial charge in [0.05, 0.1) is 17.6 Å². The summed E-state index contributed by atoms with van der Waals surface area (Å²) in [4.78, 5) is 28.0. The summed E-state index contributed by atoms with van der Waals surface area (Å²) < 4.78 is 6.84. The predicted molar refractivity (Wildman–Crippen MR) is 109 cm³/mol. The minimum atomic E-state index is -0.534. The van der Waals surface area contributed by atoms with Crippen LogP contribution >= 0.6 is 0 Å². The van der Waals surface area contributed by atoms with E-state index < -0.39 is 16.9 Å². The van der Waals surface area contributed by atoms with E-state index in [9.17, 15) is 14.9 Å². The number of fused-ring (bicyclic) bond motifs is 1. The Balaban J connectivity index is 1.72. The molecule has 0 spiro atoms. The number of amides is 1. The molecule has 0 unspecified atom stereocenters. The van der Waals surface area contributed by atoms with Gasteiger partial charge in [-0.3, -0.25) is 14.9 Å². The molecular weight excluding hydrogens is 388 g/mol. The van der Waals surface area contributed by atoms with E-state index in [0.717, 1.165) is 5.56 Å². The molecular formula is C20H18N6O4. The van der Waals surface area contributed by atoms with Crippen LogP contribution in [0.5, 0.6) is 5.75 Å². The number of allylic oxidation sites excluding steroid dienone is 1. The molecule has 0 fully saturated rings. The van der Waals surface area contributed by atoms with Crippen LogP contribution in [0, 0.1) is 10.1 Å². The van der Waals surface area contributed by atoms with Gasteiger partial charge in [-0.2, -0.15) is 10.1 Å². The van der Waals surface area contributed by atoms with Crippen molar-refractivity contribution in [3.63, 3.8) is 0 Å². The summed E-state index contributed by atoms with van der Waals surface area (Å²) in [5.74, 6) is 0.803. The maximum absolute atomic E-state index is 13.2. The first-order valence-electron chi connectivity index (χ1n) is 9.05. The summed E-state index contributed by atoms with van der Waals surface area (Å²) in [6.07, 6.45) is 1.41. The Kier molecular flexibility index (Phi) is 4.88. The third kappa shape index (κ3) is 3.46. The van der Waals surface area contributed by atoms with Crippen molar-refractivity contribution in [3.05, 3.63) is 81.8 Å². The predicted octanol–water partition coefficient (Wildman–Crippen LogP) is 3.12. The van der Waals surface area contributed by atoms with Crippen LogP contribution in [0.4, 0.5) is 17.3 Å². The van der Waals surface area contributed by atoms with Gasteiger partial charge >= 0.3 is 0 Å². The first kappa shape index (κ1) is 19.1. The van der Waals surface area contributed by atoms with E-state index >= 15 is 0 Å². The zero-order chi connectivity index (χ0) is 21.3. The van der Waals surface area contributed by atoms with Crippen molar-refractivity contribution in [2.45, 2.75) is 13.0 Å². The zero-order valence-corrected chi connectivity index (χ0v) is 16.2. The Morgan fingerprint density at radius 2 is 2.03 bits per heavy atom. The maximum Gasteiger partial charge on any atom is 0.271 e. The summed E-state index contributed by atoms with van der Waals surface area (Å²) in [6.45, 7) is 1.77. The lowest BCUT2D eigenvalue weighted by molar-refractivity contribution is -0.384. The summed E-state index contributed by atoms with van der Waals surface area (Å²) >= 11 is 0. The third-order valence-corrected chi connectivity index (χ3v) is 4.79. The van der Waals surface area contributed by atoms with Crippen LogP contribution in [0.2, 0.25) is 0 Å². The Hall–Kier alpha value is -4.21. The van der Waals surface area contributed by atoms with Gasteiger partial charge in [-0.1, -0.05) is 18.2 Å². The second kappa shape index (κ2) is 7.66. The number of hydrogen-bond donors (Lipinski definition) is 2. The lowest BCUT2D eigenvalue weighted by Crippen LogP contribution is -2.31. The summed E-state index contributed by atoms with van der Waals surface area (Å²) in [6, 6.07) is 12.6. The molecule has 0 radical (unpaired) electrons. The van der Waals surface area contributed by atoms with Crippen LogP contribution in [0.15, 0.2) is 66.1 Å². The standard InChI is InChI=1S/C20H18N6O4/c1-12-17(19(27)24-14-4-3-5-15(10-14)26(28)29)18(25-20(23-12)21-11-22-25)13-6-8-16(30-2)9-7-13/h3-11,18H,1-2H3,(H,24,27)(H,21,22,23)/t18-/m0/s1. The van der Waals surface area contributed by atoms with Crippen molar-refractivity contribution in [2.24, 2.45) is 0 Å². The number of aromatic nitrogens is 3. The highest BCUT2D eigenvalue weighted by Crippen LogP contribution is 2.35. The van der Waals surface area contributed by atoms with Crippen LogP contribution in [0.1, 0.15) is 18.5 Å². The van der Waals surface area contributed by atoms with Crippen LogP contribution in [0.3, 0.4) is 0 Å². The fourth-order valence-electron chi connectivity index (χ4n) is 3.38. The average molecular weight is 406 g/mol. The fourth-order valence-corrected chi connectivity index (χ4v) is 3.38. The molecule has 0 bridgehead atoms. The van der Waals surface area contributed by atoms with E-state index in [1.807, 2.05) is 12.1 Å². The van der Waals surface area contributed by atoms with Crippen molar-refractivity contribution >= 4 is 23.2 Å². The molecule has 0 saturated carbocycles. The molecule has 1 amide bonds. The number of carbonyl (C=O) groups excluding carboxylic acids is 1. The number of nitro benzene ring substituents is 1. The van der Waals surface area contributed by atoms with Crippen molar-refractivity contribution in [2.75, 3.05) is 17.7 Å². The van der Waals surface area contributed by atoms with Gasteiger partial charge in [-0.25, -0.2) is 4.68 Å². The van der Waals surface area contributed by atoms with E-state index in [1.165, 1.54) is 24.5 Å². The van der Waals surface area contributed by atoms with Gasteiger partial charge in [0.1, 0.15) is 18.1 Å². The zero-order valence-electron chi connectivity index (χ0n) is 16.2. The summed E-state index contributed by atoms with van der Waals surface area (Å²) in [5.41, 5.74) is 2.06. The topological polar surface area (TPSA) is 124 Å². The van der Waals surface area contributed by atoms with Gasteiger partial charge in [-0.05, 0) is 30.7 Å². The minimum absolute atomic E-state index is 0.106. The summed E-state index contributed by atoms with van der Waals surface area (Å²) in [7, 11) is 1.58. The number of anilines is 2. The Labute approximate surface area is 171 Å². The van der Waals surface area contributed by atoms with Crippen LogP contribution in [-0.4, -0.2) is 32.7 Å². The maximum atomic E-state index is 13.2. The Morgan fingerprint density at radius 1 is 1.27 bits per heavy atom. The smallest absolute Gasteiger partial charge is 0.271 e. The molecule has 2 aromatic carbocycles. The lowest BCUT2D eigenvalue weighted by atomic mass is 9.95. The number of nitrogens with zero attached hydrogens (tertiary/aromatic N) is 4. The second-order valence-electron chi connectivity index (χ2n) is 6.63. The van der Waals surface area contributed by atoms with E-state index in [4.69, 9.17) is 4.74 Å². The molecule has 10 nitrogen and oxygen atoms in total.